The van der Waals surface area contributed by atoms with Crippen LogP contribution in [0.5, 0.6) is 0 Å². The third-order valence-electron chi connectivity index (χ3n) is 4.48. The number of aromatic nitrogens is 1. The standard InChI is InChI=1S/C18H28FN3O7S/c1-6-28-16(24)15-14(19)13(9-21(15)5)30(26,27)20-12-8-22(7-11(12)10-23)17(25)29-18(2,3)4/h9,11-12,20,23H,6-8,10H2,1-5H3. The van der Waals surface area contributed by atoms with Crippen LogP contribution in [0.4, 0.5) is 9.18 Å². The Morgan fingerprint density at radius 1 is 1.33 bits per heavy atom. The van der Waals surface area contributed by atoms with Gasteiger partial charge in [-0.25, -0.2) is 27.1 Å². The maximum atomic E-state index is 14.7. The lowest BCUT2D eigenvalue weighted by atomic mass is 10.1. The molecular weight excluding hydrogens is 421 g/mol. The number of esters is 1. The third kappa shape index (κ3) is 5.29. The fourth-order valence-electron chi connectivity index (χ4n) is 3.12. The number of rotatable bonds is 6. The number of nitrogens with zero attached hydrogens (tertiary/aromatic N) is 2. The van der Waals surface area contributed by atoms with Crippen molar-refractivity contribution in [3.63, 3.8) is 0 Å². The third-order valence-corrected chi connectivity index (χ3v) is 5.96. The summed E-state index contributed by atoms with van der Waals surface area (Å²) in [6.45, 7) is 6.27. The van der Waals surface area contributed by atoms with E-state index < -0.39 is 62.7 Å². The van der Waals surface area contributed by atoms with Gasteiger partial charge >= 0.3 is 12.1 Å². The van der Waals surface area contributed by atoms with Crippen LogP contribution >= 0.6 is 0 Å². The Kier molecular flexibility index (Phi) is 7.15. The van der Waals surface area contributed by atoms with Gasteiger partial charge in [0.15, 0.2) is 11.5 Å². The molecule has 1 amide bonds. The molecule has 0 aliphatic carbocycles. The van der Waals surface area contributed by atoms with Crippen molar-refractivity contribution >= 4 is 22.1 Å². The number of carbonyl (C=O) groups is 2. The molecule has 1 aromatic rings. The van der Waals surface area contributed by atoms with Gasteiger partial charge in [0.25, 0.3) is 0 Å². The van der Waals surface area contributed by atoms with Gasteiger partial charge in [-0.3, -0.25) is 0 Å². The summed E-state index contributed by atoms with van der Waals surface area (Å²) in [5, 5.41) is 9.62. The molecule has 0 spiro atoms. The van der Waals surface area contributed by atoms with Gasteiger partial charge in [0.1, 0.15) is 10.5 Å². The SMILES string of the molecule is CCOC(=O)c1c(F)c(S(=O)(=O)NC2CN(C(=O)OC(C)(C)C)CC2CO)cn1C. The zero-order valence-corrected chi connectivity index (χ0v) is 18.5. The lowest BCUT2D eigenvalue weighted by Crippen LogP contribution is -2.42. The first-order valence-corrected chi connectivity index (χ1v) is 10.9. The highest BCUT2D eigenvalue weighted by molar-refractivity contribution is 7.89. The van der Waals surface area contributed by atoms with Crippen molar-refractivity contribution in [2.75, 3.05) is 26.3 Å². The number of carbonyl (C=O) groups excluding carboxylic acids is 2. The molecule has 2 rings (SSSR count). The van der Waals surface area contributed by atoms with E-state index in [1.807, 2.05) is 0 Å². The van der Waals surface area contributed by atoms with E-state index in [0.29, 0.717) is 0 Å². The number of ether oxygens (including phenoxy) is 2. The highest BCUT2D eigenvalue weighted by Gasteiger charge is 2.40. The first-order chi connectivity index (χ1) is 13.8. The molecule has 30 heavy (non-hydrogen) atoms. The normalized spacial score (nSPS) is 19.8. The number of sulfonamides is 1. The zero-order valence-electron chi connectivity index (χ0n) is 17.6. The van der Waals surface area contributed by atoms with Gasteiger partial charge in [-0.2, -0.15) is 0 Å². The first-order valence-electron chi connectivity index (χ1n) is 9.43. The molecule has 0 radical (unpaired) electrons. The van der Waals surface area contributed by atoms with E-state index in [2.05, 4.69) is 4.72 Å². The lowest BCUT2D eigenvalue weighted by Gasteiger charge is -2.24. The highest BCUT2D eigenvalue weighted by atomic mass is 32.2. The van der Waals surface area contributed by atoms with Gasteiger partial charge in [0.05, 0.1) is 6.61 Å². The van der Waals surface area contributed by atoms with Gasteiger partial charge in [0, 0.05) is 44.9 Å². The largest absolute Gasteiger partial charge is 0.461 e. The number of hydrogen-bond acceptors (Lipinski definition) is 7. The number of amides is 1. The maximum Gasteiger partial charge on any atom is 0.410 e. The summed E-state index contributed by atoms with van der Waals surface area (Å²) in [4.78, 5) is 24.7. The molecule has 0 bridgehead atoms. The second-order valence-corrected chi connectivity index (χ2v) is 9.73. The lowest BCUT2D eigenvalue weighted by molar-refractivity contribution is 0.0282. The molecule has 10 nitrogen and oxygen atoms in total. The number of aliphatic hydroxyl groups is 1. The van der Waals surface area contributed by atoms with Crippen LogP contribution in [-0.2, 0) is 26.5 Å². The monoisotopic (exact) mass is 449 g/mol. The summed E-state index contributed by atoms with van der Waals surface area (Å²) < 4.78 is 53.7. The number of nitrogens with one attached hydrogen (secondary N) is 1. The van der Waals surface area contributed by atoms with Crippen molar-refractivity contribution in [2.24, 2.45) is 13.0 Å². The Hall–Kier alpha value is -2.18. The van der Waals surface area contributed by atoms with E-state index in [0.717, 1.165) is 10.8 Å². The van der Waals surface area contributed by atoms with E-state index in [-0.39, 0.29) is 19.7 Å². The van der Waals surface area contributed by atoms with Gasteiger partial charge in [0.2, 0.25) is 10.0 Å². The Labute approximate surface area is 175 Å². The predicted octanol–water partition coefficient (Wildman–Crippen LogP) is 0.847. The van der Waals surface area contributed by atoms with Crippen molar-refractivity contribution in [1.82, 2.24) is 14.2 Å². The molecule has 12 heteroatoms. The summed E-state index contributed by atoms with van der Waals surface area (Å²) in [5.74, 6) is -2.82. The molecule has 2 N–H and O–H groups in total. The van der Waals surface area contributed by atoms with E-state index in [4.69, 9.17) is 9.47 Å². The number of hydrogen-bond donors (Lipinski definition) is 2. The van der Waals surface area contributed by atoms with Crippen LogP contribution in [0.2, 0.25) is 0 Å². The summed E-state index contributed by atoms with van der Waals surface area (Å²) >= 11 is 0. The van der Waals surface area contributed by atoms with Crippen LogP contribution < -0.4 is 4.72 Å². The first kappa shape index (κ1) is 24.1. The topological polar surface area (TPSA) is 127 Å². The summed E-state index contributed by atoms with van der Waals surface area (Å²) in [7, 11) is -3.07. The molecule has 1 fully saturated rings. The molecule has 2 unspecified atom stereocenters. The van der Waals surface area contributed by atoms with Crippen molar-refractivity contribution < 1.29 is 37.0 Å². The Bertz CT molecular complexity index is 908. The fourth-order valence-corrected chi connectivity index (χ4v) is 4.54. The minimum atomic E-state index is -4.40. The maximum absolute atomic E-state index is 14.7. The van der Waals surface area contributed by atoms with Crippen LogP contribution in [0.25, 0.3) is 0 Å². The molecule has 170 valence electrons. The van der Waals surface area contributed by atoms with Crippen LogP contribution in [-0.4, -0.2) is 73.0 Å². The molecule has 1 aliphatic heterocycles. The molecule has 0 saturated carbocycles. The van der Waals surface area contributed by atoms with Crippen molar-refractivity contribution in [3.8, 4) is 0 Å². The average molecular weight is 450 g/mol. The Balaban J connectivity index is 2.23. The number of aryl methyl sites for hydroxylation is 1. The van der Waals surface area contributed by atoms with Crippen molar-refractivity contribution in [3.05, 3.63) is 17.7 Å². The summed E-state index contributed by atoms with van der Waals surface area (Å²) in [6.07, 6.45) is 0.330. The Morgan fingerprint density at radius 2 is 1.97 bits per heavy atom. The molecule has 0 aromatic carbocycles. The van der Waals surface area contributed by atoms with Crippen LogP contribution in [0.1, 0.15) is 38.2 Å². The minimum Gasteiger partial charge on any atom is -0.461 e. The summed E-state index contributed by atoms with van der Waals surface area (Å²) in [6, 6.07) is -0.863. The van der Waals surface area contributed by atoms with Crippen LogP contribution in [0, 0.1) is 11.7 Å². The Morgan fingerprint density at radius 3 is 2.50 bits per heavy atom. The van der Waals surface area contributed by atoms with Crippen LogP contribution in [0.3, 0.4) is 0 Å². The number of halogens is 1. The van der Waals surface area contributed by atoms with E-state index in [9.17, 15) is 27.5 Å². The van der Waals surface area contributed by atoms with Gasteiger partial charge in [-0.1, -0.05) is 0 Å². The molecule has 1 aliphatic rings. The highest BCUT2D eigenvalue weighted by Crippen LogP contribution is 2.25. The predicted molar refractivity (Wildman–Crippen MR) is 104 cm³/mol. The fraction of sp³-hybridized carbons (Fsp3) is 0.667. The smallest absolute Gasteiger partial charge is 0.410 e. The molecule has 2 heterocycles. The number of likely N-dealkylation sites (tertiary alicyclic amines) is 1. The molecular formula is C18H28FN3O7S. The zero-order chi connectivity index (χ0) is 22.9. The minimum absolute atomic E-state index is 0.00450. The second kappa shape index (κ2) is 8.90. The quantitative estimate of drug-likeness (QED) is 0.616. The van der Waals surface area contributed by atoms with Gasteiger partial charge < -0.3 is 24.0 Å². The molecule has 1 aromatic heterocycles. The van der Waals surface area contributed by atoms with Crippen molar-refractivity contribution in [2.45, 2.75) is 44.2 Å². The van der Waals surface area contributed by atoms with E-state index in [1.165, 1.54) is 11.9 Å². The van der Waals surface area contributed by atoms with E-state index in [1.54, 1.807) is 27.7 Å². The van der Waals surface area contributed by atoms with E-state index >= 15 is 0 Å². The average Bonchev–Trinajstić information content (AvgIpc) is 3.14. The second-order valence-electron chi connectivity index (χ2n) is 8.04. The van der Waals surface area contributed by atoms with Gasteiger partial charge in [-0.05, 0) is 27.7 Å². The molecule has 2 atom stereocenters. The number of aliphatic hydroxyl groups excluding tert-OH is 1. The van der Waals surface area contributed by atoms with Gasteiger partial charge in [-0.15, -0.1) is 0 Å². The summed E-state index contributed by atoms with van der Waals surface area (Å²) in [5.41, 5.74) is -1.25. The van der Waals surface area contributed by atoms with Crippen molar-refractivity contribution in [1.29, 1.82) is 0 Å². The molecule has 1 saturated heterocycles. The van der Waals surface area contributed by atoms with Crippen LogP contribution in [0.15, 0.2) is 11.1 Å².